The van der Waals surface area contributed by atoms with E-state index in [1.807, 2.05) is 0 Å². The minimum atomic E-state index is 0.725. The van der Waals surface area contributed by atoms with Crippen molar-refractivity contribution < 1.29 is 0 Å². The average molecular weight is 481 g/mol. The molecule has 3 aromatic rings. The highest BCUT2D eigenvalue weighted by Crippen LogP contribution is 2.46. The maximum Gasteiger partial charge on any atom is 0.0467 e. The Hall–Kier alpha value is -1.84. The lowest BCUT2D eigenvalue weighted by atomic mass is 9.88. The number of halogens is 2. The van der Waals surface area contributed by atoms with E-state index in [1.165, 1.54) is 36.1 Å². The van der Waals surface area contributed by atoms with Crippen LogP contribution in [-0.2, 0) is 0 Å². The van der Waals surface area contributed by atoms with Crippen molar-refractivity contribution in [2.75, 3.05) is 4.90 Å². The Morgan fingerprint density at radius 2 is 1.33 bits per heavy atom. The molecule has 0 aromatic heterocycles. The first-order chi connectivity index (χ1) is 13.2. The summed E-state index contributed by atoms with van der Waals surface area (Å²) in [6, 6.07) is 24.0. The van der Waals surface area contributed by atoms with Gasteiger partial charge in [-0.1, -0.05) is 49.6 Å². The molecule has 3 heteroatoms. The lowest BCUT2D eigenvalue weighted by Gasteiger charge is -2.27. The predicted molar refractivity (Wildman–Crippen MR) is 121 cm³/mol. The van der Waals surface area contributed by atoms with Gasteiger partial charge in [-0.15, -0.1) is 0 Å². The van der Waals surface area contributed by atoms with Gasteiger partial charge in [0.05, 0.1) is 0 Å². The van der Waals surface area contributed by atoms with Gasteiger partial charge >= 0.3 is 0 Å². The normalized spacial score (nSPS) is 17.4. The fraction of sp³-hybridized carbons (Fsp3) is 0.167. The Bertz CT molecular complexity index is 974. The Balaban J connectivity index is 1.64. The molecule has 0 spiro atoms. The van der Waals surface area contributed by atoms with Gasteiger partial charge in [0.1, 0.15) is 0 Å². The second-order valence-electron chi connectivity index (χ2n) is 7.34. The molecule has 2 bridgehead atoms. The van der Waals surface area contributed by atoms with Gasteiger partial charge in [-0.05, 0) is 97.0 Å². The lowest BCUT2D eigenvalue weighted by molar-refractivity contribution is 0.726. The molecule has 1 nitrogen and oxygen atoms in total. The summed E-state index contributed by atoms with van der Waals surface area (Å²) in [4.78, 5) is 2.33. The lowest BCUT2D eigenvalue weighted by Crippen LogP contribution is -2.11. The first-order valence-corrected chi connectivity index (χ1v) is 10.9. The molecule has 27 heavy (non-hydrogen) atoms. The SMILES string of the molecule is Brc1ccc(N(c2ccc(Br)cc2)c2ccc3c(c2)C=C2CCC3C2)cc1. The zero-order chi connectivity index (χ0) is 18.4. The van der Waals surface area contributed by atoms with E-state index in [2.05, 4.69) is 110 Å². The predicted octanol–water partition coefficient (Wildman–Crippen LogP) is 8.35. The van der Waals surface area contributed by atoms with E-state index in [0.717, 1.165) is 26.2 Å². The molecule has 1 saturated carbocycles. The van der Waals surface area contributed by atoms with Crippen molar-refractivity contribution in [3.8, 4) is 0 Å². The van der Waals surface area contributed by atoms with Crippen LogP contribution in [-0.4, -0.2) is 0 Å². The van der Waals surface area contributed by atoms with E-state index in [1.54, 1.807) is 5.57 Å². The van der Waals surface area contributed by atoms with Crippen molar-refractivity contribution >= 4 is 55.0 Å². The zero-order valence-corrected chi connectivity index (χ0v) is 18.0. The van der Waals surface area contributed by atoms with Gasteiger partial charge in [0.25, 0.3) is 0 Å². The molecule has 5 rings (SSSR count). The van der Waals surface area contributed by atoms with Crippen LogP contribution in [0.25, 0.3) is 6.08 Å². The number of hydrogen-bond acceptors (Lipinski definition) is 1. The Morgan fingerprint density at radius 1 is 0.741 bits per heavy atom. The molecular weight excluding hydrogens is 462 g/mol. The summed E-state index contributed by atoms with van der Waals surface area (Å²) in [5.41, 5.74) is 8.06. The number of anilines is 3. The zero-order valence-electron chi connectivity index (χ0n) is 14.8. The molecule has 0 radical (unpaired) electrons. The second kappa shape index (κ2) is 6.96. The molecular formula is C24H19Br2N. The number of benzene rings is 3. The van der Waals surface area contributed by atoms with Crippen LogP contribution in [0.5, 0.6) is 0 Å². The first kappa shape index (κ1) is 17.3. The monoisotopic (exact) mass is 479 g/mol. The Morgan fingerprint density at radius 3 is 1.96 bits per heavy atom. The van der Waals surface area contributed by atoms with Crippen molar-refractivity contribution in [2.45, 2.75) is 25.2 Å². The summed E-state index contributed by atoms with van der Waals surface area (Å²) in [6.07, 6.45) is 6.25. The molecule has 0 heterocycles. The molecule has 1 fully saturated rings. The van der Waals surface area contributed by atoms with Crippen LogP contribution < -0.4 is 4.90 Å². The summed E-state index contributed by atoms with van der Waals surface area (Å²) in [7, 11) is 0. The van der Waals surface area contributed by atoms with E-state index in [0.29, 0.717) is 0 Å². The van der Waals surface area contributed by atoms with Crippen molar-refractivity contribution in [1.29, 1.82) is 0 Å². The molecule has 134 valence electrons. The van der Waals surface area contributed by atoms with Crippen LogP contribution in [0.1, 0.15) is 36.3 Å². The van der Waals surface area contributed by atoms with Crippen LogP contribution >= 0.6 is 31.9 Å². The topological polar surface area (TPSA) is 3.24 Å². The summed E-state index contributed by atoms with van der Waals surface area (Å²) in [5.74, 6) is 0.725. The van der Waals surface area contributed by atoms with Crippen LogP contribution in [0.3, 0.4) is 0 Å². The molecule has 2 aliphatic carbocycles. The number of nitrogens with zero attached hydrogens (tertiary/aromatic N) is 1. The third-order valence-electron chi connectivity index (χ3n) is 5.62. The molecule has 0 amide bonds. The summed E-state index contributed by atoms with van der Waals surface area (Å²) < 4.78 is 2.18. The van der Waals surface area contributed by atoms with Gasteiger partial charge in [0.2, 0.25) is 0 Å². The van der Waals surface area contributed by atoms with Crippen molar-refractivity contribution in [3.05, 3.63) is 92.4 Å². The minimum absolute atomic E-state index is 0.725. The summed E-state index contributed by atoms with van der Waals surface area (Å²) in [6.45, 7) is 0. The molecule has 2 aliphatic rings. The Labute approximate surface area is 177 Å². The van der Waals surface area contributed by atoms with Crippen molar-refractivity contribution in [2.24, 2.45) is 0 Å². The summed E-state index contributed by atoms with van der Waals surface area (Å²) in [5, 5.41) is 0. The van der Waals surface area contributed by atoms with Crippen molar-refractivity contribution in [3.63, 3.8) is 0 Å². The molecule has 0 saturated heterocycles. The molecule has 0 N–H and O–H groups in total. The van der Waals surface area contributed by atoms with E-state index in [4.69, 9.17) is 0 Å². The van der Waals surface area contributed by atoms with Crippen LogP contribution in [0.4, 0.5) is 17.1 Å². The molecule has 1 unspecified atom stereocenters. The van der Waals surface area contributed by atoms with Crippen molar-refractivity contribution in [1.82, 2.24) is 0 Å². The molecule has 1 atom stereocenters. The van der Waals surface area contributed by atoms with Gasteiger partial charge in [-0.3, -0.25) is 0 Å². The smallest absolute Gasteiger partial charge is 0.0467 e. The third-order valence-corrected chi connectivity index (χ3v) is 6.68. The van der Waals surface area contributed by atoms with Gasteiger partial charge in [-0.25, -0.2) is 0 Å². The van der Waals surface area contributed by atoms with Crippen LogP contribution in [0.2, 0.25) is 0 Å². The fourth-order valence-electron chi connectivity index (χ4n) is 4.32. The van der Waals surface area contributed by atoms with Gasteiger partial charge in [0, 0.05) is 26.0 Å². The summed E-state index contributed by atoms with van der Waals surface area (Å²) >= 11 is 7.11. The highest BCUT2D eigenvalue weighted by molar-refractivity contribution is 9.10. The number of hydrogen-bond donors (Lipinski definition) is 0. The fourth-order valence-corrected chi connectivity index (χ4v) is 4.85. The highest BCUT2D eigenvalue weighted by atomic mass is 79.9. The minimum Gasteiger partial charge on any atom is -0.310 e. The quantitative estimate of drug-likeness (QED) is 0.364. The number of rotatable bonds is 3. The highest BCUT2D eigenvalue weighted by Gasteiger charge is 2.27. The van der Waals surface area contributed by atoms with Gasteiger partial charge in [0.15, 0.2) is 0 Å². The average Bonchev–Trinajstić information content (AvgIpc) is 3.07. The van der Waals surface area contributed by atoms with Gasteiger partial charge in [-0.2, -0.15) is 0 Å². The van der Waals surface area contributed by atoms with E-state index < -0.39 is 0 Å². The van der Waals surface area contributed by atoms with Gasteiger partial charge < -0.3 is 4.90 Å². The number of fused-ring (bicyclic) bond motifs is 4. The number of allylic oxidation sites excluding steroid dienone is 1. The first-order valence-electron chi connectivity index (χ1n) is 9.32. The largest absolute Gasteiger partial charge is 0.310 e. The van der Waals surface area contributed by atoms with Crippen LogP contribution in [0.15, 0.2) is 81.2 Å². The second-order valence-corrected chi connectivity index (χ2v) is 9.18. The van der Waals surface area contributed by atoms with E-state index >= 15 is 0 Å². The van der Waals surface area contributed by atoms with E-state index in [-0.39, 0.29) is 0 Å². The Kier molecular flexibility index (Phi) is 4.45. The molecule has 0 aliphatic heterocycles. The third kappa shape index (κ3) is 3.28. The maximum absolute atomic E-state index is 3.55. The maximum atomic E-state index is 3.55. The van der Waals surface area contributed by atoms with E-state index in [9.17, 15) is 0 Å². The van der Waals surface area contributed by atoms with Crippen LogP contribution in [0, 0.1) is 0 Å². The standard InChI is InChI=1S/C24H19Br2N/c25-19-3-7-21(8-4-19)27(22-9-5-20(26)6-10-22)23-11-12-24-17-2-1-16(13-17)14-18(24)15-23/h3-12,14-15,17H,1-2,13H2. The molecule has 3 aromatic carbocycles.